The molecular formula is C23H25ClN4O2S. The van der Waals surface area contributed by atoms with Gasteiger partial charge in [-0.15, -0.1) is 10.2 Å². The van der Waals surface area contributed by atoms with Gasteiger partial charge in [0.15, 0.2) is 11.0 Å². The molecule has 0 bridgehead atoms. The number of rotatable bonds is 7. The van der Waals surface area contributed by atoms with Crippen molar-refractivity contribution >= 4 is 35.0 Å². The summed E-state index contributed by atoms with van der Waals surface area (Å²) in [4.78, 5) is 12.7. The zero-order valence-corrected chi connectivity index (χ0v) is 19.2. The van der Waals surface area contributed by atoms with Crippen LogP contribution in [0.3, 0.4) is 0 Å². The fraction of sp³-hybridized carbons (Fsp3) is 0.348. The van der Waals surface area contributed by atoms with E-state index in [4.69, 9.17) is 16.3 Å². The Kier molecular flexibility index (Phi) is 6.83. The molecule has 6 nitrogen and oxygen atoms in total. The maximum Gasteiger partial charge on any atom is 0.234 e. The van der Waals surface area contributed by atoms with Gasteiger partial charge in [-0.25, -0.2) is 0 Å². The molecule has 31 heavy (non-hydrogen) atoms. The van der Waals surface area contributed by atoms with E-state index in [0.717, 1.165) is 34.9 Å². The molecule has 1 aliphatic carbocycles. The highest BCUT2D eigenvalue weighted by Gasteiger charge is 2.26. The van der Waals surface area contributed by atoms with Crippen LogP contribution >= 0.6 is 23.4 Å². The average molecular weight is 457 g/mol. The van der Waals surface area contributed by atoms with Gasteiger partial charge in [0, 0.05) is 11.6 Å². The fourth-order valence-corrected chi connectivity index (χ4v) is 4.95. The first-order chi connectivity index (χ1) is 15.1. The third kappa shape index (κ3) is 4.88. The van der Waals surface area contributed by atoms with Crippen molar-refractivity contribution in [2.24, 2.45) is 0 Å². The van der Waals surface area contributed by atoms with Crippen LogP contribution in [0.4, 0.5) is 5.69 Å². The third-order valence-electron chi connectivity index (χ3n) is 5.43. The summed E-state index contributed by atoms with van der Waals surface area (Å²) in [5, 5.41) is 13.2. The molecule has 0 saturated heterocycles. The number of benzene rings is 2. The number of ether oxygens (including phenoxy) is 1. The lowest BCUT2D eigenvalue weighted by molar-refractivity contribution is -0.113. The van der Waals surface area contributed by atoms with E-state index in [1.165, 1.54) is 24.6 Å². The third-order valence-corrected chi connectivity index (χ3v) is 6.70. The number of aromatic nitrogens is 3. The Hall–Kier alpha value is -2.51. The van der Waals surface area contributed by atoms with Crippen molar-refractivity contribution in [3.05, 3.63) is 53.1 Å². The molecule has 0 atom stereocenters. The smallest absolute Gasteiger partial charge is 0.234 e. The molecule has 162 valence electrons. The van der Waals surface area contributed by atoms with E-state index in [0.29, 0.717) is 22.5 Å². The molecule has 1 heterocycles. The zero-order valence-electron chi connectivity index (χ0n) is 17.6. The van der Waals surface area contributed by atoms with Crippen molar-refractivity contribution in [3.8, 4) is 17.1 Å². The normalized spacial score (nSPS) is 14.0. The van der Waals surface area contributed by atoms with Crippen LogP contribution < -0.4 is 10.1 Å². The monoisotopic (exact) mass is 456 g/mol. The van der Waals surface area contributed by atoms with Gasteiger partial charge in [-0.3, -0.25) is 9.36 Å². The maximum atomic E-state index is 12.7. The second kappa shape index (κ2) is 9.75. The van der Waals surface area contributed by atoms with Crippen molar-refractivity contribution in [2.75, 3.05) is 18.2 Å². The molecule has 8 heteroatoms. The number of anilines is 1. The van der Waals surface area contributed by atoms with E-state index >= 15 is 0 Å². The van der Waals surface area contributed by atoms with E-state index < -0.39 is 0 Å². The molecule has 1 aliphatic rings. The Balaban J connectivity index is 1.54. The van der Waals surface area contributed by atoms with Crippen LogP contribution in [0.5, 0.6) is 5.75 Å². The van der Waals surface area contributed by atoms with Gasteiger partial charge in [0.2, 0.25) is 5.91 Å². The maximum absolute atomic E-state index is 12.7. The van der Waals surface area contributed by atoms with Crippen LogP contribution in [-0.2, 0) is 4.79 Å². The first kappa shape index (κ1) is 21.7. The Bertz CT molecular complexity index is 1080. The number of hydrogen-bond acceptors (Lipinski definition) is 5. The molecule has 1 saturated carbocycles. The Morgan fingerprint density at radius 2 is 2.00 bits per heavy atom. The van der Waals surface area contributed by atoms with E-state index in [2.05, 4.69) is 20.1 Å². The van der Waals surface area contributed by atoms with Crippen LogP contribution in [0.1, 0.15) is 37.3 Å². The van der Waals surface area contributed by atoms with Crippen LogP contribution in [0, 0.1) is 6.92 Å². The second-order valence-corrected chi connectivity index (χ2v) is 8.98. The van der Waals surface area contributed by atoms with Gasteiger partial charge in [-0.1, -0.05) is 54.4 Å². The molecule has 1 N–H and O–H groups in total. The molecule has 3 aromatic rings. The van der Waals surface area contributed by atoms with Gasteiger partial charge < -0.3 is 10.1 Å². The highest BCUT2D eigenvalue weighted by atomic mass is 35.5. The molecule has 0 aliphatic heterocycles. The second-order valence-electron chi connectivity index (χ2n) is 7.63. The largest absolute Gasteiger partial charge is 0.495 e. The predicted molar refractivity (Wildman–Crippen MR) is 125 cm³/mol. The van der Waals surface area contributed by atoms with Gasteiger partial charge in [0.25, 0.3) is 0 Å². The fourth-order valence-electron chi connectivity index (χ4n) is 3.93. The Labute approximate surface area is 191 Å². The minimum absolute atomic E-state index is 0.117. The topological polar surface area (TPSA) is 69.0 Å². The van der Waals surface area contributed by atoms with Crippen molar-refractivity contribution in [1.82, 2.24) is 14.8 Å². The number of carbonyl (C=O) groups excluding carboxylic acids is 1. The minimum atomic E-state index is -0.117. The summed E-state index contributed by atoms with van der Waals surface area (Å²) < 4.78 is 7.52. The summed E-state index contributed by atoms with van der Waals surface area (Å²) in [7, 11) is 1.59. The summed E-state index contributed by atoms with van der Waals surface area (Å²) in [5.74, 6) is 1.51. The standard InChI is InChI=1S/C23H25ClN4O2S/c1-15-11-12-20(30-2)19(13-15)25-21(29)14-31-23-27-26-22(17-9-5-6-10-18(17)24)28(23)16-7-3-4-8-16/h5-6,9-13,16H,3-4,7-8,14H2,1-2H3,(H,25,29). The number of carbonyl (C=O) groups is 1. The number of halogens is 1. The number of aryl methyl sites for hydroxylation is 1. The Morgan fingerprint density at radius 3 is 2.74 bits per heavy atom. The van der Waals surface area contributed by atoms with E-state index in [-0.39, 0.29) is 11.7 Å². The average Bonchev–Trinajstić information content (AvgIpc) is 3.42. The molecule has 0 spiro atoms. The summed E-state index contributed by atoms with van der Waals surface area (Å²) in [6, 6.07) is 13.7. The predicted octanol–water partition coefficient (Wildman–Crippen LogP) is 5.76. The molecule has 0 radical (unpaired) electrons. The molecule has 1 fully saturated rings. The van der Waals surface area contributed by atoms with Crippen molar-refractivity contribution < 1.29 is 9.53 Å². The van der Waals surface area contributed by atoms with Gasteiger partial charge in [-0.05, 0) is 49.6 Å². The number of nitrogens with zero attached hydrogens (tertiary/aromatic N) is 3. The van der Waals surface area contributed by atoms with Crippen molar-refractivity contribution in [3.63, 3.8) is 0 Å². The molecular weight excluding hydrogens is 432 g/mol. The highest BCUT2D eigenvalue weighted by molar-refractivity contribution is 7.99. The lowest BCUT2D eigenvalue weighted by atomic mass is 10.2. The highest BCUT2D eigenvalue weighted by Crippen LogP contribution is 2.38. The number of hydrogen-bond donors (Lipinski definition) is 1. The molecule has 0 unspecified atom stereocenters. The Morgan fingerprint density at radius 1 is 1.23 bits per heavy atom. The van der Waals surface area contributed by atoms with Gasteiger partial charge >= 0.3 is 0 Å². The first-order valence-electron chi connectivity index (χ1n) is 10.3. The van der Waals surface area contributed by atoms with Crippen LogP contribution in [0.25, 0.3) is 11.4 Å². The summed E-state index contributed by atoms with van der Waals surface area (Å²) in [5.41, 5.74) is 2.58. The first-order valence-corrected chi connectivity index (χ1v) is 11.7. The molecule has 1 amide bonds. The zero-order chi connectivity index (χ0) is 21.8. The lowest BCUT2D eigenvalue weighted by Gasteiger charge is -2.17. The van der Waals surface area contributed by atoms with E-state index in [1.807, 2.05) is 49.4 Å². The number of nitrogens with one attached hydrogen (secondary N) is 1. The quantitative estimate of drug-likeness (QED) is 0.457. The van der Waals surface area contributed by atoms with Crippen LogP contribution in [0.2, 0.25) is 5.02 Å². The van der Waals surface area contributed by atoms with E-state index in [1.54, 1.807) is 7.11 Å². The van der Waals surface area contributed by atoms with Gasteiger partial charge in [-0.2, -0.15) is 0 Å². The van der Waals surface area contributed by atoms with E-state index in [9.17, 15) is 4.79 Å². The van der Waals surface area contributed by atoms with Gasteiger partial charge in [0.1, 0.15) is 5.75 Å². The van der Waals surface area contributed by atoms with Gasteiger partial charge in [0.05, 0.1) is 23.6 Å². The minimum Gasteiger partial charge on any atom is -0.495 e. The summed E-state index contributed by atoms with van der Waals surface area (Å²) >= 11 is 7.84. The molecule has 4 rings (SSSR count). The number of amides is 1. The summed E-state index contributed by atoms with van der Waals surface area (Å²) in [6.45, 7) is 1.98. The SMILES string of the molecule is COc1ccc(C)cc1NC(=O)CSc1nnc(-c2ccccc2Cl)n1C1CCCC1. The van der Waals surface area contributed by atoms with Crippen molar-refractivity contribution in [1.29, 1.82) is 0 Å². The molecule has 1 aromatic heterocycles. The van der Waals surface area contributed by atoms with Crippen LogP contribution in [-0.4, -0.2) is 33.5 Å². The summed E-state index contributed by atoms with van der Waals surface area (Å²) in [6.07, 6.45) is 4.52. The van der Waals surface area contributed by atoms with Crippen molar-refractivity contribution in [2.45, 2.75) is 43.8 Å². The number of thioether (sulfide) groups is 1. The molecule has 2 aromatic carbocycles. The lowest BCUT2D eigenvalue weighted by Crippen LogP contribution is -2.16. The van der Waals surface area contributed by atoms with Crippen LogP contribution in [0.15, 0.2) is 47.6 Å². The number of methoxy groups -OCH3 is 1.